The number of aliphatic hydroxyl groups is 1. The van der Waals surface area contributed by atoms with Gasteiger partial charge in [0.25, 0.3) is 0 Å². The highest BCUT2D eigenvalue weighted by Gasteiger charge is 2.31. The summed E-state index contributed by atoms with van der Waals surface area (Å²) in [4.78, 5) is 0. The molecular weight excluding hydrogens is 292 g/mol. The van der Waals surface area contributed by atoms with Crippen LogP contribution in [0.4, 0.5) is 5.69 Å². The second-order valence-electron chi connectivity index (χ2n) is 5.54. The second-order valence-corrected chi connectivity index (χ2v) is 7.09. The molecule has 1 aliphatic carbocycles. The van der Waals surface area contributed by atoms with Crippen LogP contribution in [0.15, 0.2) is 24.2 Å². The molecule has 1 heterocycles. The average Bonchev–Trinajstić information content (AvgIpc) is 2.70. The van der Waals surface area contributed by atoms with Crippen LogP contribution in [-0.2, 0) is 23.1 Å². The Morgan fingerprint density at radius 3 is 2.71 bits per heavy atom. The van der Waals surface area contributed by atoms with Crippen molar-refractivity contribution in [3.8, 4) is 5.75 Å². The number of phenolic OH excluding ortho intramolecular Hbond substituents is 1. The van der Waals surface area contributed by atoms with Crippen molar-refractivity contribution in [2.45, 2.75) is 32.6 Å². The molecular formula is C14H18N2O4S. The number of anilines is 1. The van der Waals surface area contributed by atoms with E-state index in [9.17, 15) is 18.6 Å². The smallest absolute Gasteiger partial charge is 0.330 e. The van der Waals surface area contributed by atoms with Crippen LogP contribution in [0.25, 0.3) is 0 Å². The zero-order valence-corrected chi connectivity index (χ0v) is 12.5. The zero-order valence-electron chi connectivity index (χ0n) is 11.7. The summed E-state index contributed by atoms with van der Waals surface area (Å²) in [6.45, 7) is 2.15. The SMILES string of the molecule is CCC1CCc2cc(O)c(N3C=C(O)NS3(=O)=O)cc2C1. The highest BCUT2D eigenvalue weighted by atomic mass is 32.2. The molecule has 0 bridgehead atoms. The van der Waals surface area contributed by atoms with Crippen molar-refractivity contribution < 1.29 is 18.6 Å². The number of aryl methyl sites for hydroxylation is 1. The van der Waals surface area contributed by atoms with Crippen molar-refractivity contribution >= 4 is 15.9 Å². The second kappa shape index (κ2) is 4.84. The Hall–Kier alpha value is -1.89. The van der Waals surface area contributed by atoms with E-state index in [1.54, 1.807) is 12.1 Å². The molecule has 3 rings (SSSR count). The molecule has 1 aromatic rings. The summed E-state index contributed by atoms with van der Waals surface area (Å²) in [7, 11) is -3.88. The number of hydrogen-bond donors (Lipinski definition) is 3. The molecule has 7 heteroatoms. The Labute approximate surface area is 123 Å². The van der Waals surface area contributed by atoms with E-state index in [1.807, 2.05) is 4.72 Å². The predicted octanol–water partition coefficient (Wildman–Crippen LogP) is 1.92. The lowest BCUT2D eigenvalue weighted by molar-refractivity contribution is 0.392. The van der Waals surface area contributed by atoms with Crippen LogP contribution in [0, 0.1) is 5.92 Å². The Bertz CT molecular complexity index is 712. The highest BCUT2D eigenvalue weighted by Crippen LogP contribution is 2.38. The normalized spacial score (nSPS) is 23.4. The number of aromatic hydroxyl groups is 1. The fraction of sp³-hybridized carbons (Fsp3) is 0.429. The predicted molar refractivity (Wildman–Crippen MR) is 79.2 cm³/mol. The Balaban J connectivity index is 2.05. The number of rotatable bonds is 2. The first-order valence-corrected chi connectivity index (χ1v) is 8.42. The molecule has 1 aliphatic heterocycles. The van der Waals surface area contributed by atoms with Crippen molar-refractivity contribution in [2.75, 3.05) is 4.31 Å². The van der Waals surface area contributed by atoms with Crippen molar-refractivity contribution in [1.29, 1.82) is 0 Å². The van der Waals surface area contributed by atoms with Gasteiger partial charge in [0, 0.05) is 0 Å². The van der Waals surface area contributed by atoms with Gasteiger partial charge in [0.15, 0.2) is 0 Å². The minimum Gasteiger partial charge on any atom is -0.506 e. The van der Waals surface area contributed by atoms with Gasteiger partial charge in [-0.2, -0.15) is 8.42 Å². The molecule has 0 saturated heterocycles. The van der Waals surface area contributed by atoms with Crippen LogP contribution in [0.2, 0.25) is 0 Å². The van der Waals surface area contributed by atoms with Crippen molar-refractivity contribution in [3.63, 3.8) is 0 Å². The van der Waals surface area contributed by atoms with Crippen LogP contribution < -0.4 is 9.03 Å². The Kier molecular flexibility index (Phi) is 3.24. The number of nitrogens with one attached hydrogen (secondary N) is 1. The van der Waals surface area contributed by atoms with Crippen LogP contribution in [0.3, 0.4) is 0 Å². The monoisotopic (exact) mass is 310 g/mol. The molecule has 0 radical (unpaired) electrons. The number of nitrogens with zero attached hydrogens (tertiary/aromatic N) is 1. The van der Waals surface area contributed by atoms with Crippen molar-refractivity contribution in [3.05, 3.63) is 35.3 Å². The molecule has 1 unspecified atom stereocenters. The molecule has 1 aromatic carbocycles. The molecule has 2 aliphatic rings. The van der Waals surface area contributed by atoms with Gasteiger partial charge >= 0.3 is 10.2 Å². The maximum Gasteiger partial charge on any atom is 0.330 e. The molecule has 0 fully saturated rings. The van der Waals surface area contributed by atoms with Gasteiger partial charge in [-0.15, -0.1) is 0 Å². The first-order chi connectivity index (χ1) is 9.90. The van der Waals surface area contributed by atoms with Crippen LogP contribution in [-0.4, -0.2) is 18.6 Å². The van der Waals surface area contributed by atoms with Crippen LogP contribution in [0.5, 0.6) is 5.75 Å². The van der Waals surface area contributed by atoms with Gasteiger partial charge < -0.3 is 10.2 Å². The molecule has 0 spiro atoms. The molecule has 114 valence electrons. The third kappa shape index (κ3) is 2.42. The summed E-state index contributed by atoms with van der Waals surface area (Å²) in [6.07, 6.45) is 5.01. The van der Waals surface area contributed by atoms with Crippen molar-refractivity contribution in [1.82, 2.24) is 4.72 Å². The van der Waals surface area contributed by atoms with E-state index >= 15 is 0 Å². The number of fused-ring (bicyclic) bond motifs is 1. The quantitative estimate of drug-likeness (QED) is 0.778. The van der Waals surface area contributed by atoms with E-state index in [0.29, 0.717) is 5.92 Å². The van der Waals surface area contributed by atoms with E-state index in [1.165, 1.54) is 0 Å². The molecule has 3 N–H and O–H groups in total. The fourth-order valence-electron chi connectivity index (χ4n) is 2.97. The third-order valence-corrected chi connectivity index (χ3v) is 5.46. The summed E-state index contributed by atoms with van der Waals surface area (Å²) >= 11 is 0. The highest BCUT2D eigenvalue weighted by molar-refractivity contribution is 7.91. The number of aliphatic hydroxyl groups excluding tert-OH is 1. The van der Waals surface area contributed by atoms with Gasteiger partial charge in [0.1, 0.15) is 11.4 Å². The first-order valence-electron chi connectivity index (χ1n) is 6.98. The molecule has 21 heavy (non-hydrogen) atoms. The van der Waals surface area contributed by atoms with E-state index in [2.05, 4.69) is 6.92 Å². The average molecular weight is 310 g/mol. The lowest BCUT2D eigenvalue weighted by atomic mass is 9.82. The Morgan fingerprint density at radius 1 is 1.33 bits per heavy atom. The standard InChI is InChI=1S/C14H18N2O4S/c1-2-9-3-4-10-7-13(17)12(6-11(10)5-9)16-8-14(18)15-21(16,19)20/h6-9,15,17-18H,2-5H2,1H3. The summed E-state index contributed by atoms with van der Waals surface area (Å²) in [5.41, 5.74) is 2.30. The van der Waals surface area contributed by atoms with Gasteiger partial charge in [0.2, 0.25) is 5.88 Å². The van der Waals surface area contributed by atoms with Crippen molar-refractivity contribution in [2.24, 2.45) is 5.92 Å². The zero-order chi connectivity index (χ0) is 15.2. The van der Waals surface area contributed by atoms with Gasteiger partial charge in [-0.05, 0) is 48.4 Å². The summed E-state index contributed by atoms with van der Waals surface area (Å²) in [5.74, 6) is 0.0331. The van der Waals surface area contributed by atoms with Gasteiger partial charge in [-0.25, -0.2) is 9.03 Å². The number of hydrogen-bond acceptors (Lipinski definition) is 4. The largest absolute Gasteiger partial charge is 0.506 e. The van der Waals surface area contributed by atoms with E-state index in [4.69, 9.17) is 0 Å². The molecule has 0 saturated carbocycles. The minimum atomic E-state index is -3.88. The maximum atomic E-state index is 11.9. The lowest BCUT2D eigenvalue weighted by Crippen LogP contribution is -2.30. The van der Waals surface area contributed by atoms with E-state index in [0.717, 1.165) is 47.3 Å². The third-order valence-electron chi connectivity index (χ3n) is 4.17. The first kappa shape index (κ1) is 14.1. The molecule has 6 nitrogen and oxygen atoms in total. The summed E-state index contributed by atoms with van der Waals surface area (Å²) in [5, 5.41) is 19.5. The molecule has 0 amide bonds. The number of benzene rings is 1. The Morgan fingerprint density at radius 2 is 2.10 bits per heavy atom. The van der Waals surface area contributed by atoms with Gasteiger partial charge in [0.05, 0.1) is 6.20 Å². The molecule has 0 aromatic heterocycles. The lowest BCUT2D eigenvalue weighted by Gasteiger charge is -2.26. The topological polar surface area (TPSA) is 89.9 Å². The van der Waals surface area contributed by atoms with Crippen LogP contribution >= 0.6 is 0 Å². The maximum absolute atomic E-state index is 11.9. The van der Waals surface area contributed by atoms with Crippen LogP contribution in [0.1, 0.15) is 30.9 Å². The molecule has 1 atom stereocenters. The fourth-order valence-corrected chi connectivity index (χ4v) is 4.03. The number of phenols is 1. The van der Waals surface area contributed by atoms with Gasteiger partial charge in [-0.1, -0.05) is 13.3 Å². The summed E-state index contributed by atoms with van der Waals surface area (Å²) in [6, 6.07) is 3.34. The van der Waals surface area contributed by atoms with E-state index < -0.39 is 16.1 Å². The minimum absolute atomic E-state index is 0.0972. The van der Waals surface area contributed by atoms with Gasteiger partial charge in [-0.3, -0.25) is 0 Å². The summed E-state index contributed by atoms with van der Waals surface area (Å²) < 4.78 is 26.7. The van der Waals surface area contributed by atoms with E-state index in [-0.39, 0.29) is 11.4 Å².